The Morgan fingerprint density at radius 2 is 1.33 bits per heavy atom. The molecule has 4 nitrogen and oxygen atoms in total. The van der Waals surface area contributed by atoms with Gasteiger partial charge in [0.2, 0.25) is 0 Å². The molecule has 0 aliphatic heterocycles. The van der Waals surface area contributed by atoms with Gasteiger partial charge in [-0.3, -0.25) is 0 Å². The number of hydrogen-bond donors (Lipinski definition) is 1. The van der Waals surface area contributed by atoms with E-state index >= 15 is 0 Å². The molecule has 0 bridgehead atoms. The Kier molecular flexibility index (Phi) is 4.95. The van der Waals surface area contributed by atoms with Crippen LogP contribution in [0.25, 0.3) is 0 Å². The van der Waals surface area contributed by atoms with Gasteiger partial charge in [0, 0.05) is 0 Å². The van der Waals surface area contributed by atoms with E-state index in [1.807, 2.05) is 0 Å². The number of rotatable bonds is 0. The normalized spacial score (nSPS) is 10.0. The average molecular weight is 127 g/mol. The van der Waals surface area contributed by atoms with Crippen LogP contribution in [-0.4, -0.2) is 27.7 Å². The van der Waals surface area contributed by atoms with Crippen molar-refractivity contribution in [2.24, 2.45) is 0 Å². The van der Waals surface area contributed by atoms with E-state index in [4.69, 9.17) is 18.6 Å². The van der Waals surface area contributed by atoms with Crippen LogP contribution in [0.15, 0.2) is 0 Å². The topological polar surface area (TPSA) is 89.4 Å². The molecule has 0 spiro atoms. The molecule has 0 unspecified atom stereocenters. The van der Waals surface area contributed by atoms with Crippen LogP contribution in [0.3, 0.4) is 0 Å². The van der Waals surface area contributed by atoms with Crippen LogP contribution in [0.5, 0.6) is 0 Å². The van der Waals surface area contributed by atoms with Gasteiger partial charge in [0.25, 0.3) is 0 Å². The van der Waals surface area contributed by atoms with Crippen molar-refractivity contribution in [1.29, 1.82) is 0 Å². The van der Waals surface area contributed by atoms with Gasteiger partial charge in [-0.25, -0.2) is 0 Å². The van der Waals surface area contributed by atoms with Crippen molar-refractivity contribution in [1.82, 2.24) is 0 Å². The maximum absolute atomic E-state index is 8.60. The van der Waals surface area contributed by atoms with Gasteiger partial charge in [-0.05, 0) is 0 Å². The second kappa shape index (κ2) is 2.97. The molecular weight excluding hydrogens is 124 g/mol. The van der Waals surface area contributed by atoms with Gasteiger partial charge in [0.05, 0.1) is 14.9 Å². The Bertz CT molecular complexity index is 29.5. The summed E-state index contributed by atoms with van der Waals surface area (Å²) in [5.41, 5.74) is 0. The first-order valence-corrected chi connectivity index (χ1v) is 1.90. The summed E-state index contributed by atoms with van der Waals surface area (Å²) in [6.07, 6.45) is 0. The molecule has 0 aromatic rings. The summed E-state index contributed by atoms with van der Waals surface area (Å²) in [5, 5.41) is 0. The van der Waals surface area contributed by atoms with Crippen molar-refractivity contribution < 1.29 is 31.7 Å². The molecule has 0 radical (unpaired) electrons. The van der Waals surface area contributed by atoms with Crippen LogP contribution in [0, 0.1) is 10.2 Å². The van der Waals surface area contributed by atoms with E-state index in [2.05, 4.69) is 0 Å². The third kappa shape index (κ3) is 92.5. The molecule has 6 heavy (non-hydrogen) atoms. The van der Waals surface area contributed by atoms with E-state index in [-0.39, 0.29) is 25.9 Å². The minimum atomic E-state index is -4.69. The fourth-order valence-corrected chi connectivity index (χ4v) is 0. The number of halogens is 1. The summed E-state index contributed by atoms with van der Waals surface area (Å²) in [4.78, 5) is 0. The standard InChI is InChI=1S/ClHO4.Mg.2H/c2-1(3,4)5;;;/h(H,2,3,4,5);;;/q;+2;2*-1. The van der Waals surface area contributed by atoms with Crippen molar-refractivity contribution in [3.63, 3.8) is 0 Å². The van der Waals surface area contributed by atoms with Gasteiger partial charge in [-0.15, -0.1) is 0 Å². The van der Waals surface area contributed by atoms with E-state index in [9.17, 15) is 0 Å². The molecule has 0 heterocycles. The van der Waals surface area contributed by atoms with Crippen molar-refractivity contribution >= 4 is 23.1 Å². The Hall–Kier alpha value is 0.896. The first kappa shape index (κ1) is 10.0. The monoisotopic (exact) mass is 126 g/mol. The molecule has 0 aromatic carbocycles. The smallest absolute Gasteiger partial charge is 1.00 e. The van der Waals surface area contributed by atoms with Gasteiger partial charge in [-0.2, -0.15) is 14.0 Å². The molecule has 0 atom stereocenters. The van der Waals surface area contributed by atoms with Crippen LogP contribution >= 0.6 is 0 Å². The molecule has 0 amide bonds. The predicted molar refractivity (Wildman–Crippen MR) is 10.2 cm³/mol. The van der Waals surface area contributed by atoms with Crippen LogP contribution in [0.4, 0.5) is 0 Å². The summed E-state index contributed by atoms with van der Waals surface area (Å²) in [7, 11) is -4.69. The van der Waals surface area contributed by atoms with Crippen molar-refractivity contribution in [2.75, 3.05) is 0 Å². The molecule has 0 aromatic heterocycles. The number of hydrogen-bond acceptors (Lipinski definition) is 4. The van der Waals surface area contributed by atoms with Crippen LogP contribution < -0.4 is 14.0 Å². The Morgan fingerprint density at radius 1 is 1.33 bits per heavy atom. The molecule has 0 rings (SSSR count). The van der Waals surface area contributed by atoms with Gasteiger partial charge in [0.1, 0.15) is 0 Å². The minimum absolute atomic E-state index is 0. The maximum atomic E-state index is 8.60. The molecule has 0 saturated heterocycles. The third-order valence-electron chi connectivity index (χ3n) is 0. The summed E-state index contributed by atoms with van der Waals surface area (Å²) >= 11 is 0. The zero-order valence-corrected chi connectivity index (χ0v) is 4.93. The van der Waals surface area contributed by atoms with Gasteiger partial charge in [0.15, 0.2) is 0 Å². The van der Waals surface area contributed by atoms with E-state index in [1.54, 1.807) is 0 Å². The molecule has 6 heteroatoms. The summed E-state index contributed by atoms with van der Waals surface area (Å²) in [5.74, 6) is 0. The fourth-order valence-electron chi connectivity index (χ4n) is 0. The largest absolute Gasteiger partial charge is 2.00 e. The molecule has 0 aliphatic carbocycles. The zero-order chi connectivity index (χ0) is 4.50. The third-order valence-corrected chi connectivity index (χ3v) is 0. The molecule has 0 aliphatic rings. The molecule has 0 fully saturated rings. The van der Waals surface area contributed by atoms with E-state index in [0.29, 0.717) is 0 Å². The maximum Gasteiger partial charge on any atom is 2.00 e. The van der Waals surface area contributed by atoms with Crippen LogP contribution in [0.2, 0.25) is 0 Å². The zero-order valence-electron chi connectivity index (χ0n) is 4.76. The summed E-state index contributed by atoms with van der Waals surface area (Å²) in [6.45, 7) is 0. The average Bonchev–Trinajstić information content (AvgIpc) is 0.722. The molecular formula is H3ClMgO4. The quantitative estimate of drug-likeness (QED) is 0.333. The molecule has 1 N–H and O–H groups in total. The van der Waals surface area contributed by atoms with E-state index in [1.165, 1.54) is 0 Å². The summed E-state index contributed by atoms with van der Waals surface area (Å²) in [6, 6.07) is 0. The second-order valence-corrected chi connectivity index (χ2v) is 1.19. The van der Waals surface area contributed by atoms with Crippen molar-refractivity contribution in [2.45, 2.75) is 0 Å². The second-order valence-electron chi connectivity index (χ2n) is 0.396. The predicted octanol–water partition coefficient (Wildman–Crippen LogP) is -4.28. The summed E-state index contributed by atoms with van der Waals surface area (Å²) < 4.78 is 32.7. The van der Waals surface area contributed by atoms with E-state index in [0.717, 1.165) is 0 Å². The van der Waals surface area contributed by atoms with Gasteiger partial charge in [-0.1, -0.05) is 0 Å². The van der Waals surface area contributed by atoms with Crippen molar-refractivity contribution in [3.8, 4) is 0 Å². The molecule has 0 saturated carbocycles. The molecule has 36 valence electrons. The first-order chi connectivity index (χ1) is 2.00. The Labute approximate surface area is 55.3 Å². The fraction of sp³-hybridized carbons (Fsp3) is 0. The Morgan fingerprint density at radius 3 is 1.33 bits per heavy atom. The van der Waals surface area contributed by atoms with Crippen molar-refractivity contribution in [3.05, 3.63) is 0 Å². The minimum Gasteiger partial charge on any atom is -1.00 e. The van der Waals surface area contributed by atoms with Crippen LogP contribution in [0.1, 0.15) is 2.85 Å². The Balaban J connectivity index is -0.0000000267. The first-order valence-electron chi connectivity index (χ1n) is 0.632. The van der Waals surface area contributed by atoms with Crippen LogP contribution in [-0.2, 0) is 0 Å². The SMILES string of the molecule is [H-].[H-].[Mg+2].[O-][Cl+3]([O-])([O-])O. The van der Waals surface area contributed by atoms with E-state index < -0.39 is 10.2 Å². The van der Waals surface area contributed by atoms with Gasteiger partial charge >= 0.3 is 23.1 Å². The van der Waals surface area contributed by atoms with Gasteiger partial charge < -0.3 is 2.85 Å².